The van der Waals surface area contributed by atoms with Gasteiger partial charge in [0, 0.05) is 19.0 Å². The van der Waals surface area contributed by atoms with Gasteiger partial charge in [0.25, 0.3) is 5.91 Å². The third-order valence-corrected chi connectivity index (χ3v) is 6.35. The maximum absolute atomic E-state index is 15.1. The predicted octanol–water partition coefficient (Wildman–Crippen LogP) is 3.27. The lowest BCUT2D eigenvalue weighted by molar-refractivity contribution is -0.0938. The van der Waals surface area contributed by atoms with E-state index in [1.807, 2.05) is 6.92 Å². The molecule has 162 valence electrons. The molecule has 3 heterocycles. The first-order valence-corrected chi connectivity index (χ1v) is 10.4. The number of carbonyl (C=O) groups excluding carboxylic acids is 1. The second-order valence-corrected chi connectivity index (χ2v) is 8.40. The fraction of sp³-hybridized carbons (Fsp3) is 0.261. The number of hydrogen-bond donors (Lipinski definition) is 1. The Balaban J connectivity index is 1.48. The van der Waals surface area contributed by atoms with Crippen molar-refractivity contribution in [1.82, 2.24) is 19.3 Å². The molecule has 3 atom stereocenters. The van der Waals surface area contributed by atoms with Crippen LogP contribution in [0.5, 0.6) is 0 Å². The molecule has 0 spiro atoms. The molecule has 2 aromatic carbocycles. The standard InChI is InChI=1S/C23H19F2N5O2/c1-11-9-29(21-14-5-13(24)3-2-12(14)4-20(21)32-11)23(31)15-6-18-17(7-16(15)25)28-22(26)19-8-27-10-30(18)19/h2-3,5-8,10-11,20-21H,4,9H2,1H3,(H2,26,28)/t11?,20-,21+/m1/s1. The second kappa shape index (κ2) is 6.70. The quantitative estimate of drug-likeness (QED) is 0.496. The molecule has 1 amide bonds. The number of nitrogens with two attached hydrogens (primary N) is 1. The number of morpholine rings is 1. The average Bonchev–Trinajstić information content (AvgIpc) is 3.37. The molecule has 6 rings (SSSR count). The van der Waals surface area contributed by atoms with Crippen molar-refractivity contribution in [2.24, 2.45) is 0 Å². The Labute approximate surface area is 181 Å². The topological polar surface area (TPSA) is 85.8 Å². The summed E-state index contributed by atoms with van der Waals surface area (Å²) in [7, 11) is 0. The Hall–Kier alpha value is -3.59. The molecule has 0 radical (unpaired) electrons. The third kappa shape index (κ3) is 2.70. The van der Waals surface area contributed by atoms with Crippen LogP contribution in [0.15, 0.2) is 42.9 Å². The van der Waals surface area contributed by atoms with Gasteiger partial charge in [-0.1, -0.05) is 6.07 Å². The van der Waals surface area contributed by atoms with Crippen molar-refractivity contribution in [3.05, 3.63) is 71.2 Å². The molecule has 32 heavy (non-hydrogen) atoms. The molecule has 1 aliphatic carbocycles. The number of imidazole rings is 1. The Bertz CT molecular complexity index is 1420. The van der Waals surface area contributed by atoms with Crippen LogP contribution in [0.1, 0.15) is 34.5 Å². The Morgan fingerprint density at radius 2 is 2.06 bits per heavy atom. The van der Waals surface area contributed by atoms with Crippen molar-refractivity contribution in [3.8, 4) is 0 Å². The average molecular weight is 435 g/mol. The number of anilines is 1. The summed E-state index contributed by atoms with van der Waals surface area (Å²) in [4.78, 5) is 23.6. The van der Waals surface area contributed by atoms with E-state index in [4.69, 9.17) is 10.5 Å². The fourth-order valence-corrected chi connectivity index (χ4v) is 5.00. The number of fused-ring (bicyclic) bond motifs is 6. The maximum Gasteiger partial charge on any atom is 0.257 e. The number of amides is 1. The molecule has 1 unspecified atom stereocenters. The molecule has 2 aromatic heterocycles. The first-order chi connectivity index (χ1) is 15.4. The molecule has 1 fully saturated rings. The number of benzene rings is 2. The highest BCUT2D eigenvalue weighted by Crippen LogP contribution is 2.42. The Morgan fingerprint density at radius 1 is 1.22 bits per heavy atom. The molecule has 4 aromatic rings. The molecule has 1 aliphatic heterocycles. The molecule has 9 heteroatoms. The summed E-state index contributed by atoms with van der Waals surface area (Å²) < 4.78 is 36.9. The van der Waals surface area contributed by atoms with Crippen LogP contribution in [0.2, 0.25) is 0 Å². The lowest BCUT2D eigenvalue weighted by Crippen LogP contribution is -2.50. The molecular weight excluding hydrogens is 416 g/mol. The van der Waals surface area contributed by atoms with Crippen LogP contribution in [0, 0.1) is 11.6 Å². The third-order valence-electron chi connectivity index (χ3n) is 6.35. The maximum atomic E-state index is 15.1. The van der Waals surface area contributed by atoms with Crippen molar-refractivity contribution < 1.29 is 18.3 Å². The van der Waals surface area contributed by atoms with Crippen molar-refractivity contribution in [2.45, 2.75) is 31.6 Å². The first kappa shape index (κ1) is 19.1. The van der Waals surface area contributed by atoms with Crippen LogP contribution in [0.25, 0.3) is 16.6 Å². The molecule has 0 saturated carbocycles. The van der Waals surface area contributed by atoms with Crippen molar-refractivity contribution >= 4 is 28.3 Å². The van der Waals surface area contributed by atoms with E-state index in [2.05, 4.69) is 9.97 Å². The van der Waals surface area contributed by atoms with Crippen LogP contribution in [0.3, 0.4) is 0 Å². The van der Waals surface area contributed by atoms with Crippen molar-refractivity contribution in [2.75, 3.05) is 12.3 Å². The van der Waals surface area contributed by atoms with E-state index in [1.54, 1.807) is 27.9 Å². The van der Waals surface area contributed by atoms with Gasteiger partial charge in [0.15, 0.2) is 0 Å². The second-order valence-electron chi connectivity index (χ2n) is 8.40. The largest absolute Gasteiger partial charge is 0.382 e. The van der Waals surface area contributed by atoms with Crippen LogP contribution in [-0.4, -0.2) is 43.9 Å². The zero-order valence-corrected chi connectivity index (χ0v) is 17.1. The molecule has 2 N–H and O–H groups in total. The number of carbonyl (C=O) groups is 1. The smallest absolute Gasteiger partial charge is 0.257 e. The fourth-order valence-electron chi connectivity index (χ4n) is 5.00. The lowest BCUT2D eigenvalue weighted by Gasteiger charge is -2.41. The normalized spacial score (nSPS) is 22.3. The zero-order valence-electron chi connectivity index (χ0n) is 17.1. The molecule has 1 saturated heterocycles. The summed E-state index contributed by atoms with van der Waals surface area (Å²) in [5, 5.41) is 0. The number of rotatable bonds is 1. The number of ether oxygens (including phenoxy) is 1. The Morgan fingerprint density at radius 3 is 2.91 bits per heavy atom. The van der Waals surface area contributed by atoms with Gasteiger partial charge in [0.05, 0.1) is 47.4 Å². The first-order valence-electron chi connectivity index (χ1n) is 10.4. The molecule has 7 nitrogen and oxygen atoms in total. The van der Waals surface area contributed by atoms with Gasteiger partial charge >= 0.3 is 0 Å². The van der Waals surface area contributed by atoms with Gasteiger partial charge in [-0.3, -0.25) is 9.20 Å². The number of halogens is 2. The summed E-state index contributed by atoms with van der Waals surface area (Å²) in [5.41, 5.74) is 8.93. The van der Waals surface area contributed by atoms with Crippen LogP contribution in [-0.2, 0) is 11.2 Å². The van der Waals surface area contributed by atoms with Gasteiger partial charge in [0.1, 0.15) is 23.0 Å². The molecular formula is C23H19F2N5O2. The van der Waals surface area contributed by atoms with Crippen molar-refractivity contribution in [1.29, 1.82) is 0 Å². The summed E-state index contributed by atoms with van der Waals surface area (Å²) in [5.74, 6) is -1.32. The van der Waals surface area contributed by atoms with Crippen LogP contribution < -0.4 is 5.73 Å². The zero-order chi connectivity index (χ0) is 22.1. The summed E-state index contributed by atoms with van der Waals surface area (Å²) >= 11 is 0. The Kier molecular flexibility index (Phi) is 4.00. The van der Waals surface area contributed by atoms with E-state index in [0.29, 0.717) is 28.5 Å². The van der Waals surface area contributed by atoms with E-state index in [0.717, 1.165) is 5.56 Å². The van der Waals surface area contributed by atoms with Gasteiger partial charge in [0.2, 0.25) is 0 Å². The highest BCUT2D eigenvalue weighted by Gasteiger charge is 2.44. The van der Waals surface area contributed by atoms with Gasteiger partial charge in [-0.15, -0.1) is 0 Å². The van der Waals surface area contributed by atoms with E-state index >= 15 is 4.39 Å². The van der Waals surface area contributed by atoms with Gasteiger partial charge in [-0.25, -0.2) is 18.7 Å². The molecule has 0 bridgehead atoms. The highest BCUT2D eigenvalue weighted by atomic mass is 19.1. The highest BCUT2D eigenvalue weighted by molar-refractivity contribution is 5.99. The van der Waals surface area contributed by atoms with E-state index in [-0.39, 0.29) is 36.0 Å². The van der Waals surface area contributed by atoms with E-state index in [1.165, 1.54) is 24.3 Å². The molecule has 2 aliphatic rings. The van der Waals surface area contributed by atoms with E-state index in [9.17, 15) is 9.18 Å². The predicted molar refractivity (Wildman–Crippen MR) is 113 cm³/mol. The van der Waals surface area contributed by atoms with Gasteiger partial charge in [-0.05, 0) is 36.2 Å². The number of aromatic nitrogens is 3. The number of hydrogen-bond acceptors (Lipinski definition) is 5. The summed E-state index contributed by atoms with van der Waals surface area (Å²) in [6.45, 7) is 2.15. The number of nitrogen functional groups attached to an aromatic ring is 1. The minimum Gasteiger partial charge on any atom is -0.382 e. The van der Waals surface area contributed by atoms with Crippen LogP contribution in [0.4, 0.5) is 14.6 Å². The SMILES string of the molecule is CC1CN(C(=O)c2cc3c(cc2F)nc(N)c2cncn23)[C@H]2c3cc(F)ccc3C[C@H]2O1. The van der Waals surface area contributed by atoms with Gasteiger partial charge in [-0.2, -0.15) is 0 Å². The van der Waals surface area contributed by atoms with Gasteiger partial charge < -0.3 is 15.4 Å². The lowest BCUT2D eigenvalue weighted by atomic mass is 10.0. The summed E-state index contributed by atoms with van der Waals surface area (Å²) in [6.07, 6.45) is 3.15. The van der Waals surface area contributed by atoms with E-state index < -0.39 is 17.8 Å². The number of nitrogens with zero attached hydrogens (tertiary/aromatic N) is 4. The minimum absolute atomic E-state index is 0.0863. The monoisotopic (exact) mass is 435 g/mol. The minimum atomic E-state index is -0.693. The van der Waals surface area contributed by atoms with Crippen molar-refractivity contribution in [3.63, 3.8) is 0 Å². The van der Waals surface area contributed by atoms with Crippen LogP contribution >= 0.6 is 0 Å². The summed E-state index contributed by atoms with van der Waals surface area (Å²) in [6, 6.07) is 6.79.